The van der Waals surface area contributed by atoms with Gasteiger partial charge in [0.25, 0.3) is 0 Å². The Kier molecular flexibility index (Phi) is 8.40. The largest absolute Gasteiger partial charge is 0.374 e. The summed E-state index contributed by atoms with van der Waals surface area (Å²) in [7, 11) is 0. The molecular weight excluding hydrogens is 487 g/mol. The van der Waals surface area contributed by atoms with Gasteiger partial charge < -0.3 is 10.1 Å². The van der Waals surface area contributed by atoms with Crippen molar-refractivity contribution in [1.29, 1.82) is 0 Å². The van der Waals surface area contributed by atoms with Gasteiger partial charge in [-0.1, -0.05) is 41.0 Å². The van der Waals surface area contributed by atoms with E-state index in [1.54, 1.807) is 12.4 Å². The molecule has 3 heterocycles. The van der Waals surface area contributed by atoms with Crippen LogP contribution in [-0.4, -0.2) is 58.9 Å². The number of aromatic nitrogens is 2. The van der Waals surface area contributed by atoms with Crippen LogP contribution in [0.4, 0.5) is 0 Å². The molecule has 1 N–H and O–H groups in total. The highest BCUT2D eigenvalue weighted by Gasteiger charge is 2.21. The van der Waals surface area contributed by atoms with Crippen molar-refractivity contribution < 1.29 is 9.53 Å². The zero-order valence-corrected chi connectivity index (χ0v) is 20.3. The highest BCUT2D eigenvalue weighted by atomic mass is 35.5. The number of rotatable bonds is 8. The number of ether oxygens (including phenoxy) is 1. The predicted molar refractivity (Wildman–Crippen MR) is 131 cm³/mol. The summed E-state index contributed by atoms with van der Waals surface area (Å²) < 4.78 is 6.69. The molecule has 1 saturated heterocycles. The van der Waals surface area contributed by atoms with Gasteiger partial charge in [-0.15, -0.1) is 11.3 Å². The van der Waals surface area contributed by atoms with Gasteiger partial charge in [0.1, 0.15) is 0 Å². The van der Waals surface area contributed by atoms with Gasteiger partial charge in [0.15, 0.2) is 4.34 Å². The molecule has 0 radical (unpaired) electrons. The van der Waals surface area contributed by atoms with E-state index in [1.165, 1.54) is 23.1 Å². The molecule has 6 nitrogen and oxygen atoms in total. The van der Waals surface area contributed by atoms with Crippen LogP contribution in [-0.2, 0) is 16.1 Å². The Bertz CT molecular complexity index is 1050. The molecule has 0 saturated carbocycles. The highest BCUT2D eigenvalue weighted by molar-refractivity contribution is 8.01. The summed E-state index contributed by atoms with van der Waals surface area (Å²) in [5.74, 6) is 0.290. The minimum atomic E-state index is -0.0440. The van der Waals surface area contributed by atoms with Crippen molar-refractivity contribution in [3.63, 3.8) is 0 Å². The second-order valence-corrected chi connectivity index (χ2v) is 10.2. The molecule has 1 amide bonds. The highest BCUT2D eigenvalue weighted by Crippen LogP contribution is 2.27. The average molecular weight is 509 g/mol. The molecule has 1 aromatic carbocycles. The topological polar surface area (TPSA) is 67.4 Å². The molecule has 0 unspecified atom stereocenters. The maximum absolute atomic E-state index is 12.3. The summed E-state index contributed by atoms with van der Waals surface area (Å²) in [6.07, 6.45) is 3.47. The first-order valence-electron chi connectivity index (χ1n) is 10.1. The molecular formula is C22H22Cl2N4O2S2. The maximum Gasteiger partial charge on any atom is 0.230 e. The number of morpholine rings is 1. The van der Waals surface area contributed by atoms with Crippen molar-refractivity contribution in [1.82, 2.24) is 20.2 Å². The van der Waals surface area contributed by atoms with Crippen LogP contribution in [0.5, 0.6) is 0 Å². The van der Waals surface area contributed by atoms with Crippen LogP contribution in [0, 0.1) is 0 Å². The van der Waals surface area contributed by atoms with Crippen LogP contribution < -0.4 is 5.32 Å². The van der Waals surface area contributed by atoms with Gasteiger partial charge >= 0.3 is 0 Å². The number of pyridine rings is 1. The normalized spacial score (nSPS) is 16.8. The van der Waals surface area contributed by atoms with E-state index in [0.29, 0.717) is 28.9 Å². The van der Waals surface area contributed by atoms with Gasteiger partial charge in [0.2, 0.25) is 5.91 Å². The Morgan fingerprint density at radius 3 is 3.03 bits per heavy atom. The van der Waals surface area contributed by atoms with E-state index in [-0.39, 0.29) is 12.0 Å². The number of carbonyl (C=O) groups excluding carboxylic acids is 1. The van der Waals surface area contributed by atoms with E-state index in [2.05, 4.69) is 20.2 Å². The number of nitrogens with one attached hydrogen (secondary N) is 1. The minimum absolute atomic E-state index is 0.0293. The second-order valence-electron chi connectivity index (χ2n) is 7.31. The van der Waals surface area contributed by atoms with Gasteiger partial charge in [0.05, 0.1) is 34.2 Å². The summed E-state index contributed by atoms with van der Waals surface area (Å²) >= 11 is 15.1. The van der Waals surface area contributed by atoms with Gasteiger partial charge in [-0.25, -0.2) is 4.98 Å². The Hall–Kier alpha value is -1.68. The van der Waals surface area contributed by atoms with Crippen LogP contribution >= 0.6 is 46.3 Å². The summed E-state index contributed by atoms with van der Waals surface area (Å²) in [6, 6.07) is 9.55. The first kappa shape index (κ1) is 23.5. The van der Waals surface area contributed by atoms with Crippen LogP contribution in [0.1, 0.15) is 5.56 Å². The summed E-state index contributed by atoms with van der Waals surface area (Å²) in [5, 5.41) is 6.08. The van der Waals surface area contributed by atoms with Crippen LogP contribution in [0.3, 0.4) is 0 Å². The van der Waals surface area contributed by atoms with E-state index < -0.39 is 0 Å². The Morgan fingerprint density at radius 1 is 1.31 bits per heavy atom. The van der Waals surface area contributed by atoms with Crippen LogP contribution in [0.15, 0.2) is 52.4 Å². The Balaban J connectivity index is 1.20. The summed E-state index contributed by atoms with van der Waals surface area (Å²) in [6.45, 7) is 3.46. The lowest BCUT2D eigenvalue weighted by Crippen LogP contribution is -2.47. The Morgan fingerprint density at radius 2 is 2.22 bits per heavy atom. The molecule has 1 aliphatic heterocycles. The molecule has 32 heavy (non-hydrogen) atoms. The van der Waals surface area contributed by atoms with E-state index in [4.69, 9.17) is 27.9 Å². The third-order valence-electron chi connectivity index (χ3n) is 4.91. The van der Waals surface area contributed by atoms with Gasteiger partial charge in [-0.05, 0) is 29.8 Å². The molecule has 1 aliphatic rings. The SMILES string of the molecule is O=C(CSc1nc(-c2cccnc2)cs1)NC[C@H]1CN(Cc2ccc(Cl)c(Cl)c2)CCO1. The molecule has 3 aromatic rings. The summed E-state index contributed by atoms with van der Waals surface area (Å²) in [4.78, 5) is 23.3. The van der Waals surface area contributed by atoms with Crippen molar-refractivity contribution in [3.05, 3.63) is 63.7 Å². The van der Waals surface area contributed by atoms with E-state index in [1.807, 2.05) is 35.7 Å². The molecule has 1 atom stereocenters. The number of benzene rings is 1. The number of amides is 1. The number of carbonyl (C=O) groups is 1. The molecule has 4 rings (SSSR count). The molecule has 0 spiro atoms. The van der Waals surface area contributed by atoms with Crippen LogP contribution in [0.2, 0.25) is 10.0 Å². The molecule has 10 heteroatoms. The maximum atomic E-state index is 12.3. The quantitative estimate of drug-likeness (QED) is 0.447. The number of nitrogens with zero attached hydrogens (tertiary/aromatic N) is 3. The third kappa shape index (κ3) is 6.66. The lowest BCUT2D eigenvalue weighted by atomic mass is 10.2. The molecule has 2 aromatic heterocycles. The van der Waals surface area contributed by atoms with Crippen molar-refractivity contribution in [2.75, 3.05) is 32.0 Å². The van der Waals surface area contributed by atoms with Crippen LogP contribution in [0.25, 0.3) is 11.3 Å². The van der Waals surface area contributed by atoms with E-state index in [9.17, 15) is 4.79 Å². The fourth-order valence-corrected chi connectivity index (χ4v) is 5.31. The number of halogens is 2. The first-order chi connectivity index (χ1) is 15.6. The average Bonchev–Trinajstić information content (AvgIpc) is 3.29. The molecule has 0 aliphatic carbocycles. The number of hydrogen-bond acceptors (Lipinski definition) is 7. The second kappa shape index (κ2) is 11.4. The van der Waals surface area contributed by atoms with Crippen molar-refractivity contribution >= 4 is 52.2 Å². The lowest BCUT2D eigenvalue weighted by Gasteiger charge is -2.33. The number of thiazole rings is 1. The Labute approximate surface area is 205 Å². The van der Waals surface area contributed by atoms with Gasteiger partial charge in [-0.3, -0.25) is 14.7 Å². The minimum Gasteiger partial charge on any atom is -0.374 e. The third-order valence-corrected chi connectivity index (χ3v) is 7.67. The zero-order chi connectivity index (χ0) is 22.3. The standard InChI is InChI=1S/C22H22Cl2N4O2S2/c23-18-4-3-15(8-19(18)24)11-28-6-7-30-17(12-28)10-26-21(29)14-32-22-27-20(13-31-22)16-2-1-5-25-9-16/h1-5,8-9,13,17H,6-7,10-12,14H2,(H,26,29)/t17-/m0/s1. The lowest BCUT2D eigenvalue weighted by molar-refractivity contribution is -0.119. The van der Waals surface area contributed by atoms with Gasteiger partial charge in [-0.2, -0.15) is 0 Å². The van der Waals surface area contributed by atoms with E-state index in [0.717, 1.165) is 40.8 Å². The summed E-state index contributed by atoms with van der Waals surface area (Å²) in [5.41, 5.74) is 2.96. The molecule has 1 fully saturated rings. The van der Waals surface area contributed by atoms with Crippen molar-refractivity contribution in [3.8, 4) is 11.3 Å². The number of thioether (sulfide) groups is 1. The van der Waals surface area contributed by atoms with Crippen molar-refractivity contribution in [2.24, 2.45) is 0 Å². The fourth-order valence-electron chi connectivity index (χ4n) is 3.32. The first-order valence-corrected chi connectivity index (χ1v) is 12.7. The zero-order valence-electron chi connectivity index (χ0n) is 17.2. The smallest absolute Gasteiger partial charge is 0.230 e. The fraction of sp³-hybridized carbons (Fsp3) is 0.318. The predicted octanol–water partition coefficient (Wildman–Crippen LogP) is 4.62. The molecule has 0 bridgehead atoms. The number of hydrogen-bond donors (Lipinski definition) is 1. The molecule has 168 valence electrons. The monoisotopic (exact) mass is 508 g/mol. The van der Waals surface area contributed by atoms with Gasteiger partial charge in [0, 0.05) is 49.5 Å². The van der Waals surface area contributed by atoms with Crippen molar-refractivity contribution in [2.45, 2.75) is 17.0 Å². The van der Waals surface area contributed by atoms with E-state index >= 15 is 0 Å².